The van der Waals surface area contributed by atoms with Crippen molar-refractivity contribution in [3.05, 3.63) is 81.6 Å². The van der Waals surface area contributed by atoms with Gasteiger partial charge in [0.05, 0.1) is 23.3 Å². The molecule has 0 unspecified atom stereocenters. The Morgan fingerprint density at radius 2 is 1.70 bits per heavy atom. The van der Waals surface area contributed by atoms with Crippen molar-refractivity contribution >= 4 is 40.8 Å². The zero-order valence-electron chi connectivity index (χ0n) is 15.3. The lowest BCUT2D eigenvalue weighted by atomic mass is 10.0. The van der Waals surface area contributed by atoms with Crippen LogP contribution in [0.3, 0.4) is 0 Å². The third-order valence-electron chi connectivity index (χ3n) is 4.26. The SMILES string of the molecule is COc1c(-c2ccccc2)cc(Cl)c(N(F)C(=O)c2cc(Cl)ccc2C(=O)O)c1F. The summed E-state index contributed by atoms with van der Waals surface area (Å²) in [6.07, 6.45) is 0. The third kappa shape index (κ3) is 3.94. The maximum atomic E-state index is 15.2. The number of ether oxygens (including phenoxy) is 1. The molecule has 0 atom stereocenters. The van der Waals surface area contributed by atoms with Gasteiger partial charge < -0.3 is 9.84 Å². The van der Waals surface area contributed by atoms with E-state index in [1.54, 1.807) is 30.3 Å². The van der Waals surface area contributed by atoms with Crippen LogP contribution in [0.15, 0.2) is 54.6 Å². The second-order valence-corrected chi connectivity index (χ2v) is 6.89. The highest BCUT2D eigenvalue weighted by Crippen LogP contribution is 2.43. The van der Waals surface area contributed by atoms with E-state index in [-0.39, 0.29) is 16.3 Å². The van der Waals surface area contributed by atoms with Crippen molar-refractivity contribution < 1.29 is 28.3 Å². The number of carboxylic acid groups (broad SMARTS) is 1. The lowest BCUT2D eigenvalue weighted by molar-refractivity contribution is 0.0690. The zero-order valence-corrected chi connectivity index (χ0v) is 16.8. The Balaban J connectivity index is 2.14. The summed E-state index contributed by atoms with van der Waals surface area (Å²) in [6, 6.07) is 13.0. The molecule has 0 bridgehead atoms. The number of carbonyl (C=O) groups excluding carboxylic acids is 1. The molecule has 0 aliphatic rings. The van der Waals surface area contributed by atoms with Crippen LogP contribution >= 0.6 is 23.2 Å². The van der Waals surface area contributed by atoms with E-state index in [1.807, 2.05) is 0 Å². The van der Waals surface area contributed by atoms with Gasteiger partial charge in [-0.2, -0.15) is 0 Å². The van der Waals surface area contributed by atoms with Gasteiger partial charge in [-0.05, 0) is 29.8 Å². The van der Waals surface area contributed by atoms with Crippen molar-refractivity contribution in [1.82, 2.24) is 0 Å². The van der Waals surface area contributed by atoms with Gasteiger partial charge >= 0.3 is 5.97 Å². The summed E-state index contributed by atoms with van der Waals surface area (Å²) < 4.78 is 35.3. The average Bonchev–Trinajstić information content (AvgIpc) is 2.73. The Bertz CT molecular complexity index is 1140. The summed E-state index contributed by atoms with van der Waals surface area (Å²) in [7, 11) is 1.19. The largest absolute Gasteiger partial charge is 0.493 e. The summed E-state index contributed by atoms with van der Waals surface area (Å²) in [5.74, 6) is -4.49. The van der Waals surface area contributed by atoms with Crippen molar-refractivity contribution in [1.29, 1.82) is 0 Å². The molecule has 0 aromatic heterocycles. The Morgan fingerprint density at radius 3 is 2.30 bits per heavy atom. The molecule has 1 amide bonds. The van der Waals surface area contributed by atoms with Crippen LogP contribution in [0, 0.1) is 5.82 Å². The molecule has 9 heteroatoms. The van der Waals surface area contributed by atoms with Gasteiger partial charge in [-0.25, -0.2) is 9.18 Å². The van der Waals surface area contributed by atoms with E-state index in [9.17, 15) is 14.7 Å². The summed E-state index contributed by atoms with van der Waals surface area (Å²) in [5.41, 5.74) is -1.18. The van der Waals surface area contributed by atoms with Crippen LogP contribution in [0.1, 0.15) is 20.7 Å². The molecule has 30 heavy (non-hydrogen) atoms. The predicted molar refractivity (Wildman–Crippen MR) is 110 cm³/mol. The topological polar surface area (TPSA) is 66.8 Å². The quantitative estimate of drug-likeness (QED) is 0.480. The zero-order chi connectivity index (χ0) is 22.0. The Labute approximate surface area is 180 Å². The Hall–Kier alpha value is -3.16. The summed E-state index contributed by atoms with van der Waals surface area (Å²) in [6.45, 7) is 0. The van der Waals surface area contributed by atoms with E-state index < -0.39 is 44.7 Å². The maximum absolute atomic E-state index is 15.2. The molecule has 0 saturated carbocycles. The molecule has 0 aliphatic carbocycles. The molecular weight excluding hydrogens is 439 g/mol. The smallest absolute Gasteiger partial charge is 0.336 e. The van der Waals surface area contributed by atoms with E-state index in [0.29, 0.717) is 5.56 Å². The minimum Gasteiger partial charge on any atom is -0.493 e. The fourth-order valence-electron chi connectivity index (χ4n) is 2.89. The molecule has 1 N–H and O–H groups in total. The maximum Gasteiger partial charge on any atom is 0.336 e. The van der Waals surface area contributed by atoms with Crippen LogP contribution in [-0.2, 0) is 0 Å². The number of hydrogen-bond donors (Lipinski definition) is 1. The number of carboxylic acids is 1. The van der Waals surface area contributed by atoms with Gasteiger partial charge in [-0.15, -0.1) is 5.12 Å². The molecule has 3 rings (SSSR count). The van der Waals surface area contributed by atoms with Crippen molar-refractivity contribution in [2.24, 2.45) is 0 Å². The molecule has 0 fully saturated rings. The lowest BCUT2D eigenvalue weighted by Gasteiger charge is -2.19. The summed E-state index contributed by atoms with van der Waals surface area (Å²) >= 11 is 11.9. The van der Waals surface area contributed by atoms with Crippen molar-refractivity contribution in [2.75, 3.05) is 12.2 Å². The van der Waals surface area contributed by atoms with Crippen molar-refractivity contribution in [3.8, 4) is 16.9 Å². The van der Waals surface area contributed by atoms with Crippen LogP contribution in [0.25, 0.3) is 11.1 Å². The van der Waals surface area contributed by atoms with Crippen LogP contribution in [-0.4, -0.2) is 24.1 Å². The number of nitrogens with zero attached hydrogens (tertiary/aromatic N) is 1. The molecule has 3 aromatic rings. The molecule has 0 radical (unpaired) electrons. The third-order valence-corrected chi connectivity index (χ3v) is 4.78. The monoisotopic (exact) mass is 451 g/mol. The number of amides is 1. The molecule has 154 valence electrons. The van der Waals surface area contributed by atoms with Gasteiger partial charge in [0.2, 0.25) is 0 Å². The van der Waals surface area contributed by atoms with Crippen molar-refractivity contribution in [2.45, 2.75) is 0 Å². The number of benzene rings is 3. The van der Waals surface area contributed by atoms with Gasteiger partial charge in [0.25, 0.3) is 5.91 Å². The summed E-state index contributed by atoms with van der Waals surface area (Å²) in [5, 5.41) is 8.28. The van der Waals surface area contributed by atoms with E-state index in [1.165, 1.54) is 19.2 Å². The second kappa shape index (κ2) is 8.69. The number of methoxy groups -OCH3 is 1. The minimum atomic E-state index is -1.48. The fraction of sp³-hybridized carbons (Fsp3) is 0.0476. The second-order valence-electron chi connectivity index (χ2n) is 6.05. The van der Waals surface area contributed by atoms with Crippen LogP contribution in [0.5, 0.6) is 5.75 Å². The molecule has 5 nitrogen and oxygen atoms in total. The van der Waals surface area contributed by atoms with Crippen molar-refractivity contribution in [3.63, 3.8) is 0 Å². The standard InChI is InChI=1S/C21H13Cl2F2NO4/c1-30-19-14(11-5-3-2-4-6-11)10-16(23)18(17(19)24)26(25)20(27)15-9-12(22)7-8-13(15)21(28)29/h2-10H,1H3,(H,28,29). The number of aromatic carboxylic acids is 1. The first-order valence-electron chi connectivity index (χ1n) is 8.40. The highest BCUT2D eigenvalue weighted by molar-refractivity contribution is 6.35. The molecule has 0 aliphatic heterocycles. The summed E-state index contributed by atoms with van der Waals surface area (Å²) in [4.78, 5) is 24.0. The number of hydrogen-bond acceptors (Lipinski definition) is 3. The van der Waals surface area contributed by atoms with Gasteiger partial charge in [0, 0.05) is 10.6 Å². The van der Waals surface area contributed by atoms with Crippen LogP contribution < -0.4 is 9.86 Å². The lowest BCUT2D eigenvalue weighted by Crippen LogP contribution is -2.25. The average molecular weight is 452 g/mol. The number of anilines is 1. The van der Waals surface area contributed by atoms with E-state index >= 15 is 8.87 Å². The van der Waals surface area contributed by atoms with E-state index in [4.69, 9.17) is 27.9 Å². The first-order valence-corrected chi connectivity index (χ1v) is 9.16. The predicted octanol–water partition coefficient (Wildman–Crippen LogP) is 6.04. The Kier molecular flexibility index (Phi) is 6.24. The first-order chi connectivity index (χ1) is 14.3. The molecule has 0 saturated heterocycles. The molecule has 0 heterocycles. The van der Waals surface area contributed by atoms with Gasteiger partial charge in [0.1, 0.15) is 5.69 Å². The van der Waals surface area contributed by atoms with E-state index in [0.717, 1.165) is 12.1 Å². The van der Waals surface area contributed by atoms with E-state index in [2.05, 4.69) is 0 Å². The minimum absolute atomic E-state index is 0.000301. The highest BCUT2D eigenvalue weighted by Gasteiger charge is 2.30. The molecular formula is C21H13Cl2F2NO4. The van der Waals surface area contributed by atoms with Crippen LogP contribution in [0.2, 0.25) is 10.0 Å². The van der Waals surface area contributed by atoms with Crippen LogP contribution in [0.4, 0.5) is 14.6 Å². The normalized spacial score (nSPS) is 10.6. The highest BCUT2D eigenvalue weighted by atomic mass is 35.5. The van der Waals surface area contributed by atoms with Gasteiger partial charge in [-0.1, -0.05) is 58.0 Å². The van der Waals surface area contributed by atoms with Gasteiger partial charge in [0.15, 0.2) is 11.6 Å². The fourth-order valence-corrected chi connectivity index (χ4v) is 3.33. The molecule has 0 spiro atoms. The number of rotatable bonds is 5. The van der Waals surface area contributed by atoms with Gasteiger partial charge in [-0.3, -0.25) is 4.79 Å². The number of carbonyl (C=O) groups is 2. The first kappa shape index (κ1) is 21.5. The molecule has 3 aromatic carbocycles. The Morgan fingerprint density at radius 1 is 1.03 bits per heavy atom. The number of halogens is 4.